The summed E-state index contributed by atoms with van der Waals surface area (Å²) in [5.74, 6) is 0. The van der Waals surface area contributed by atoms with Gasteiger partial charge in [0.05, 0.1) is 16.8 Å². The number of sulfonamides is 1. The summed E-state index contributed by atoms with van der Waals surface area (Å²) in [6.07, 6.45) is 3.82. The van der Waals surface area contributed by atoms with Crippen molar-refractivity contribution >= 4 is 15.7 Å². The van der Waals surface area contributed by atoms with E-state index in [1.165, 1.54) is 12.4 Å². The Kier molecular flexibility index (Phi) is 4.98. The summed E-state index contributed by atoms with van der Waals surface area (Å²) in [4.78, 5) is 0.248. The highest BCUT2D eigenvalue weighted by molar-refractivity contribution is 7.92. The molecule has 1 atom stereocenters. The number of nitrogens with one attached hydrogen (secondary N) is 3. The summed E-state index contributed by atoms with van der Waals surface area (Å²) in [5, 5.41) is 9.64. The standard InChI is InChI=1S/C14H20N4O2S/c1-3-14(15-4-2)11-6-5-7-13(8-11)21(19,20)18-12-9-16-17-10-12/h5-10,14-15,18H,3-4H2,1-2H3,(H,16,17). The van der Waals surface area contributed by atoms with Gasteiger partial charge in [-0.1, -0.05) is 26.0 Å². The molecule has 0 aliphatic carbocycles. The summed E-state index contributed by atoms with van der Waals surface area (Å²) in [6, 6.07) is 7.15. The van der Waals surface area contributed by atoms with E-state index in [2.05, 4.69) is 27.2 Å². The summed E-state index contributed by atoms with van der Waals surface area (Å²) in [5.41, 5.74) is 1.38. The van der Waals surface area contributed by atoms with Gasteiger partial charge in [0.1, 0.15) is 0 Å². The van der Waals surface area contributed by atoms with Gasteiger partial charge in [0, 0.05) is 12.2 Å². The van der Waals surface area contributed by atoms with E-state index in [0.29, 0.717) is 5.69 Å². The number of H-pyrrole nitrogens is 1. The first-order chi connectivity index (χ1) is 10.1. The summed E-state index contributed by atoms with van der Waals surface area (Å²) >= 11 is 0. The van der Waals surface area contributed by atoms with Crippen molar-refractivity contribution in [1.29, 1.82) is 0 Å². The highest BCUT2D eigenvalue weighted by Gasteiger charge is 2.17. The molecule has 1 heterocycles. The number of nitrogens with zero attached hydrogens (tertiary/aromatic N) is 1. The van der Waals surface area contributed by atoms with E-state index in [9.17, 15) is 8.42 Å². The first-order valence-corrected chi connectivity index (χ1v) is 8.40. The zero-order valence-electron chi connectivity index (χ0n) is 12.1. The lowest BCUT2D eigenvalue weighted by Crippen LogP contribution is -2.20. The molecule has 0 aliphatic rings. The van der Waals surface area contributed by atoms with Gasteiger partial charge in [0.25, 0.3) is 10.0 Å². The fourth-order valence-electron chi connectivity index (χ4n) is 2.16. The summed E-state index contributed by atoms with van der Waals surface area (Å²) < 4.78 is 27.2. The molecule has 0 bridgehead atoms. The quantitative estimate of drug-likeness (QED) is 0.732. The Morgan fingerprint density at radius 1 is 1.33 bits per heavy atom. The molecule has 2 aromatic rings. The van der Waals surface area contributed by atoms with Crippen LogP contribution in [0, 0.1) is 0 Å². The smallest absolute Gasteiger partial charge is 0.262 e. The molecule has 6 nitrogen and oxygen atoms in total. The largest absolute Gasteiger partial charge is 0.310 e. The lowest BCUT2D eigenvalue weighted by Gasteiger charge is -2.17. The lowest BCUT2D eigenvalue weighted by molar-refractivity contribution is 0.536. The maximum absolute atomic E-state index is 12.3. The highest BCUT2D eigenvalue weighted by Crippen LogP contribution is 2.21. The number of hydrogen-bond donors (Lipinski definition) is 3. The predicted octanol–water partition coefficient (Wildman–Crippen LogP) is 2.27. The van der Waals surface area contributed by atoms with E-state index in [4.69, 9.17) is 0 Å². The molecule has 21 heavy (non-hydrogen) atoms. The topological polar surface area (TPSA) is 86.9 Å². The monoisotopic (exact) mass is 308 g/mol. The summed E-state index contributed by atoms with van der Waals surface area (Å²) in [6.45, 7) is 4.94. The third-order valence-electron chi connectivity index (χ3n) is 3.18. The maximum atomic E-state index is 12.3. The second kappa shape index (κ2) is 6.73. The van der Waals surface area contributed by atoms with Crippen molar-refractivity contribution in [1.82, 2.24) is 15.5 Å². The van der Waals surface area contributed by atoms with Crippen LogP contribution in [0.4, 0.5) is 5.69 Å². The Balaban J connectivity index is 2.27. The molecule has 0 saturated carbocycles. The van der Waals surface area contributed by atoms with Gasteiger partial charge >= 0.3 is 0 Å². The van der Waals surface area contributed by atoms with Crippen LogP contribution in [0.5, 0.6) is 0 Å². The van der Waals surface area contributed by atoms with Gasteiger partial charge in [-0.2, -0.15) is 5.10 Å². The van der Waals surface area contributed by atoms with Crippen LogP contribution in [0.1, 0.15) is 31.9 Å². The zero-order chi connectivity index (χ0) is 15.3. The highest BCUT2D eigenvalue weighted by atomic mass is 32.2. The van der Waals surface area contributed by atoms with Crippen LogP contribution in [0.15, 0.2) is 41.6 Å². The van der Waals surface area contributed by atoms with Crippen molar-refractivity contribution < 1.29 is 8.42 Å². The van der Waals surface area contributed by atoms with Crippen LogP contribution in [0.25, 0.3) is 0 Å². The second-order valence-corrected chi connectivity index (χ2v) is 6.37. The molecule has 2 rings (SSSR count). The van der Waals surface area contributed by atoms with Crippen LogP contribution in [-0.4, -0.2) is 25.2 Å². The van der Waals surface area contributed by atoms with Gasteiger partial charge in [-0.15, -0.1) is 0 Å². The zero-order valence-corrected chi connectivity index (χ0v) is 12.9. The first-order valence-electron chi connectivity index (χ1n) is 6.91. The average Bonchev–Trinajstić information content (AvgIpc) is 2.97. The molecule has 0 spiro atoms. The molecule has 0 radical (unpaired) electrons. The van der Waals surface area contributed by atoms with Gasteiger partial charge in [-0.05, 0) is 30.7 Å². The third-order valence-corrected chi connectivity index (χ3v) is 4.56. The number of aromatic amines is 1. The van der Waals surface area contributed by atoms with Gasteiger partial charge < -0.3 is 5.32 Å². The van der Waals surface area contributed by atoms with E-state index in [-0.39, 0.29) is 10.9 Å². The Morgan fingerprint density at radius 3 is 2.76 bits per heavy atom. The predicted molar refractivity (Wildman–Crippen MR) is 82.5 cm³/mol. The van der Waals surface area contributed by atoms with Crippen LogP contribution in [0.2, 0.25) is 0 Å². The van der Waals surface area contributed by atoms with Crippen molar-refractivity contribution in [2.24, 2.45) is 0 Å². The van der Waals surface area contributed by atoms with Crippen molar-refractivity contribution in [2.75, 3.05) is 11.3 Å². The van der Waals surface area contributed by atoms with Gasteiger partial charge in [0.2, 0.25) is 0 Å². The van der Waals surface area contributed by atoms with Gasteiger partial charge in [-0.3, -0.25) is 9.82 Å². The van der Waals surface area contributed by atoms with E-state index < -0.39 is 10.0 Å². The molecule has 0 amide bonds. The fourth-order valence-corrected chi connectivity index (χ4v) is 3.25. The van der Waals surface area contributed by atoms with Crippen molar-refractivity contribution in [3.63, 3.8) is 0 Å². The van der Waals surface area contributed by atoms with Crippen molar-refractivity contribution in [3.05, 3.63) is 42.2 Å². The van der Waals surface area contributed by atoms with Crippen molar-refractivity contribution in [3.8, 4) is 0 Å². The van der Waals surface area contributed by atoms with E-state index in [0.717, 1.165) is 18.5 Å². The first kappa shape index (κ1) is 15.5. The van der Waals surface area contributed by atoms with Crippen molar-refractivity contribution in [2.45, 2.75) is 31.2 Å². The molecule has 1 aromatic carbocycles. The number of anilines is 1. The molecule has 0 saturated heterocycles. The fraction of sp³-hybridized carbons (Fsp3) is 0.357. The molecule has 114 valence electrons. The maximum Gasteiger partial charge on any atom is 0.262 e. The number of benzene rings is 1. The molecule has 1 aromatic heterocycles. The second-order valence-electron chi connectivity index (χ2n) is 4.68. The van der Waals surface area contributed by atoms with E-state index >= 15 is 0 Å². The molecule has 1 unspecified atom stereocenters. The minimum atomic E-state index is -3.60. The van der Waals surface area contributed by atoms with Crippen LogP contribution in [-0.2, 0) is 10.0 Å². The van der Waals surface area contributed by atoms with Crippen LogP contribution >= 0.6 is 0 Å². The normalized spacial score (nSPS) is 13.0. The van der Waals surface area contributed by atoms with Crippen LogP contribution in [0.3, 0.4) is 0 Å². The minimum Gasteiger partial charge on any atom is -0.310 e. The number of aromatic nitrogens is 2. The van der Waals surface area contributed by atoms with Gasteiger partial charge in [-0.25, -0.2) is 8.42 Å². The SMILES string of the molecule is CCNC(CC)c1cccc(S(=O)(=O)Nc2cn[nH]c2)c1. The van der Waals surface area contributed by atoms with Gasteiger partial charge in [0.15, 0.2) is 0 Å². The summed E-state index contributed by atoms with van der Waals surface area (Å²) in [7, 11) is -3.60. The Morgan fingerprint density at radius 2 is 2.14 bits per heavy atom. The number of hydrogen-bond acceptors (Lipinski definition) is 4. The molecule has 7 heteroatoms. The average molecular weight is 308 g/mol. The molecular formula is C14H20N4O2S. The molecule has 3 N–H and O–H groups in total. The lowest BCUT2D eigenvalue weighted by atomic mass is 10.0. The third kappa shape index (κ3) is 3.83. The van der Waals surface area contributed by atoms with E-state index in [1.807, 2.05) is 13.0 Å². The van der Waals surface area contributed by atoms with Crippen LogP contribution < -0.4 is 10.0 Å². The van der Waals surface area contributed by atoms with E-state index in [1.54, 1.807) is 18.2 Å². The number of rotatable bonds is 7. The molecule has 0 aliphatic heterocycles. The Hall–Kier alpha value is -1.86. The minimum absolute atomic E-state index is 0.152. The Bertz CT molecular complexity index is 668. The Labute approximate surface area is 125 Å². The molecule has 0 fully saturated rings. The molecular weight excluding hydrogens is 288 g/mol.